The van der Waals surface area contributed by atoms with Gasteiger partial charge in [0.15, 0.2) is 0 Å². The molecule has 1 aliphatic rings. The second kappa shape index (κ2) is 4.45. The quantitative estimate of drug-likeness (QED) is 0.854. The third-order valence-electron chi connectivity index (χ3n) is 3.17. The topological polar surface area (TPSA) is 12.0 Å². The Morgan fingerprint density at radius 2 is 2.14 bits per heavy atom. The van der Waals surface area contributed by atoms with E-state index in [0.29, 0.717) is 5.92 Å². The molecule has 1 fully saturated rings. The lowest BCUT2D eigenvalue weighted by Gasteiger charge is -2.18. The zero-order valence-corrected chi connectivity index (χ0v) is 10.0. The van der Waals surface area contributed by atoms with Crippen LogP contribution >= 0.6 is 15.9 Å². The van der Waals surface area contributed by atoms with Crippen LogP contribution in [0.1, 0.15) is 24.8 Å². The molecule has 76 valence electrons. The molecule has 1 nitrogen and oxygen atoms in total. The molecule has 1 heterocycles. The molecule has 0 spiro atoms. The maximum atomic E-state index is 3.64. The average molecular weight is 254 g/mol. The molecule has 0 unspecified atom stereocenters. The van der Waals surface area contributed by atoms with Gasteiger partial charge in [0.1, 0.15) is 0 Å². The standard InChI is InChI=1S/C12H16BrN/c1-2-9-7-14-8-11(9)10-5-3-4-6-12(10)13/h3-6,9,11,14H,2,7-8H2,1H3/t9-,11-/m0/s1. The molecule has 2 atom stereocenters. The fourth-order valence-corrected chi connectivity index (χ4v) is 2.88. The minimum absolute atomic E-state index is 0.690. The van der Waals surface area contributed by atoms with Crippen molar-refractivity contribution in [1.82, 2.24) is 5.32 Å². The van der Waals surface area contributed by atoms with Crippen LogP contribution in [0.15, 0.2) is 28.7 Å². The van der Waals surface area contributed by atoms with Crippen molar-refractivity contribution in [3.05, 3.63) is 34.3 Å². The van der Waals surface area contributed by atoms with Crippen molar-refractivity contribution in [2.24, 2.45) is 5.92 Å². The number of halogens is 1. The third kappa shape index (κ3) is 1.86. The van der Waals surface area contributed by atoms with E-state index in [1.165, 1.54) is 23.0 Å². The first-order valence-electron chi connectivity index (χ1n) is 5.28. The first-order chi connectivity index (χ1) is 6.83. The van der Waals surface area contributed by atoms with Crippen molar-refractivity contribution in [2.75, 3.05) is 13.1 Å². The molecular formula is C12H16BrN. The summed E-state index contributed by atoms with van der Waals surface area (Å²) >= 11 is 3.64. The Morgan fingerprint density at radius 3 is 2.86 bits per heavy atom. The number of benzene rings is 1. The molecule has 0 bridgehead atoms. The van der Waals surface area contributed by atoms with Crippen LogP contribution in [0.3, 0.4) is 0 Å². The van der Waals surface area contributed by atoms with Crippen molar-refractivity contribution in [3.63, 3.8) is 0 Å². The van der Waals surface area contributed by atoms with E-state index < -0.39 is 0 Å². The highest BCUT2D eigenvalue weighted by molar-refractivity contribution is 9.10. The highest BCUT2D eigenvalue weighted by atomic mass is 79.9. The largest absolute Gasteiger partial charge is 0.316 e. The second-order valence-electron chi connectivity index (χ2n) is 3.95. The number of hydrogen-bond donors (Lipinski definition) is 1. The molecule has 0 radical (unpaired) electrons. The highest BCUT2D eigenvalue weighted by Gasteiger charge is 2.27. The van der Waals surface area contributed by atoms with Crippen LogP contribution in [0, 0.1) is 5.92 Å². The highest BCUT2D eigenvalue weighted by Crippen LogP contribution is 2.34. The summed E-state index contributed by atoms with van der Waals surface area (Å²) in [4.78, 5) is 0. The molecule has 1 aromatic rings. The van der Waals surface area contributed by atoms with Crippen LogP contribution in [-0.4, -0.2) is 13.1 Å². The van der Waals surface area contributed by atoms with Crippen molar-refractivity contribution in [1.29, 1.82) is 0 Å². The Bertz CT molecular complexity index is 311. The molecule has 1 saturated heterocycles. The van der Waals surface area contributed by atoms with Gasteiger partial charge in [0, 0.05) is 16.9 Å². The summed E-state index contributed by atoms with van der Waals surface area (Å²) in [5, 5.41) is 3.48. The monoisotopic (exact) mass is 253 g/mol. The smallest absolute Gasteiger partial charge is 0.0210 e. The maximum absolute atomic E-state index is 3.64. The van der Waals surface area contributed by atoms with Gasteiger partial charge >= 0.3 is 0 Å². The van der Waals surface area contributed by atoms with Gasteiger partial charge in [-0.1, -0.05) is 47.5 Å². The molecule has 1 aliphatic heterocycles. The SMILES string of the molecule is CC[C@H]1CNC[C@@H]1c1ccccc1Br. The predicted octanol–water partition coefficient (Wildman–Crippen LogP) is 3.16. The van der Waals surface area contributed by atoms with E-state index in [2.05, 4.69) is 52.4 Å². The Morgan fingerprint density at radius 1 is 1.36 bits per heavy atom. The summed E-state index contributed by atoms with van der Waals surface area (Å²) in [5.41, 5.74) is 1.46. The Labute approximate surface area is 94.0 Å². The summed E-state index contributed by atoms with van der Waals surface area (Å²) in [6, 6.07) is 8.59. The molecule has 0 aromatic heterocycles. The minimum atomic E-state index is 0.690. The number of nitrogens with one attached hydrogen (secondary N) is 1. The molecular weight excluding hydrogens is 238 g/mol. The lowest BCUT2D eigenvalue weighted by molar-refractivity contribution is 0.501. The number of hydrogen-bond acceptors (Lipinski definition) is 1. The van der Waals surface area contributed by atoms with Crippen LogP contribution < -0.4 is 5.32 Å². The van der Waals surface area contributed by atoms with Crippen molar-refractivity contribution < 1.29 is 0 Å². The lowest BCUT2D eigenvalue weighted by atomic mass is 9.87. The fraction of sp³-hybridized carbons (Fsp3) is 0.500. The van der Waals surface area contributed by atoms with Gasteiger partial charge in [-0.05, 0) is 24.1 Å². The average Bonchev–Trinajstić information content (AvgIpc) is 2.66. The van der Waals surface area contributed by atoms with Crippen molar-refractivity contribution in [2.45, 2.75) is 19.3 Å². The Hall–Kier alpha value is -0.340. The zero-order valence-electron chi connectivity index (χ0n) is 8.46. The molecule has 0 aliphatic carbocycles. The van der Waals surface area contributed by atoms with E-state index in [0.717, 1.165) is 12.5 Å². The predicted molar refractivity (Wildman–Crippen MR) is 63.5 cm³/mol. The van der Waals surface area contributed by atoms with E-state index in [1.54, 1.807) is 0 Å². The van der Waals surface area contributed by atoms with Crippen LogP contribution in [0.4, 0.5) is 0 Å². The van der Waals surface area contributed by atoms with Crippen molar-refractivity contribution in [3.8, 4) is 0 Å². The zero-order chi connectivity index (χ0) is 9.97. The van der Waals surface area contributed by atoms with Gasteiger partial charge in [-0.15, -0.1) is 0 Å². The molecule has 2 heteroatoms. The third-order valence-corrected chi connectivity index (χ3v) is 3.89. The fourth-order valence-electron chi connectivity index (χ4n) is 2.30. The van der Waals surface area contributed by atoms with Gasteiger partial charge in [-0.3, -0.25) is 0 Å². The van der Waals surface area contributed by atoms with Crippen LogP contribution in [0.2, 0.25) is 0 Å². The van der Waals surface area contributed by atoms with Gasteiger partial charge in [0.2, 0.25) is 0 Å². The van der Waals surface area contributed by atoms with Gasteiger partial charge < -0.3 is 5.32 Å². The summed E-state index contributed by atoms with van der Waals surface area (Å²) < 4.78 is 1.26. The van der Waals surface area contributed by atoms with E-state index in [-0.39, 0.29) is 0 Å². The van der Waals surface area contributed by atoms with Gasteiger partial charge in [-0.25, -0.2) is 0 Å². The maximum Gasteiger partial charge on any atom is 0.0210 e. The summed E-state index contributed by atoms with van der Waals surface area (Å²) in [6.07, 6.45) is 1.26. The van der Waals surface area contributed by atoms with E-state index in [9.17, 15) is 0 Å². The van der Waals surface area contributed by atoms with Crippen LogP contribution in [-0.2, 0) is 0 Å². The van der Waals surface area contributed by atoms with Crippen LogP contribution in [0.5, 0.6) is 0 Å². The van der Waals surface area contributed by atoms with E-state index in [1.807, 2.05) is 0 Å². The molecule has 0 saturated carbocycles. The van der Waals surface area contributed by atoms with Crippen molar-refractivity contribution >= 4 is 15.9 Å². The van der Waals surface area contributed by atoms with Gasteiger partial charge in [0.05, 0.1) is 0 Å². The van der Waals surface area contributed by atoms with E-state index >= 15 is 0 Å². The molecule has 1 aromatic carbocycles. The number of rotatable bonds is 2. The molecule has 2 rings (SSSR count). The summed E-state index contributed by atoms with van der Waals surface area (Å²) in [6.45, 7) is 4.57. The Kier molecular flexibility index (Phi) is 3.24. The first kappa shape index (κ1) is 10.2. The molecule has 0 amide bonds. The van der Waals surface area contributed by atoms with Crippen LogP contribution in [0.25, 0.3) is 0 Å². The lowest BCUT2D eigenvalue weighted by Crippen LogP contribution is -2.09. The normalized spacial score (nSPS) is 26.7. The molecule has 1 N–H and O–H groups in total. The van der Waals surface area contributed by atoms with E-state index in [4.69, 9.17) is 0 Å². The van der Waals surface area contributed by atoms with Gasteiger partial charge in [0.25, 0.3) is 0 Å². The second-order valence-corrected chi connectivity index (χ2v) is 4.81. The summed E-state index contributed by atoms with van der Waals surface area (Å²) in [5.74, 6) is 1.49. The van der Waals surface area contributed by atoms with Gasteiger partial charge in [-0.2, -0.15) is 0 Å². The molecule has 14 heavy (non-hydrogen) atoms. The minimum Gasteiger partial charge on any atom is -0.316 e. The Balaban J connectivity index is 2.26. The first-order valence-corrected chi connectivity index (χ1v) is 6.07. The summed E-state index contributed by atoms with van der Waals surface area (Å²) in [7, 11) is 0.